The summed E-state index contributed by atoms with van der Waals surface area (Å²) >= 11 is 2.37. The number of benzene rings is 1. The fourth-order valence-electron chi connectivity index (χ4n) is 2.05. The van der Waals surface area contributed by atoms with Gasteiger partial charge in [0.15, 0.2) is 0 Å². The zero-order valence-electron chi connectivity index (χ0n) is 10.4. The van der Waals surface area contributed by atoms with Gasteiger partial charge in [0, 0.05) is 21.5 Å². The Labute approximate surface area is 121 Å². The first kappa shape index (κ1) is 12.0. The molecule has 1 saturated carbocycles. The van der Waals surface area contributed by atoms with Crippen LogP contribution in [0.2, 0.25) is 0 Å². The van der Waals surface area contributed by atoms with Gasteiger partial charge in [-0.15, -0.1) is 0 Å². The molecule has 2 aromatic rings. The minimum Gasteiger partial charge on any atom is -0.379 e. The van der Waals surface area contributed by atoms with Gasteiger partial charge >= 0.3 is 0 Å². The van der Waals surface area contributed by atoms with Gasteiger partial charge in [0.05, 0.1) is 18.6 Å². The van der Waals surface area contributed by atoms with E-state index in [1.165, 1.54) is 33.4 Å². The molecule has 1 fully saturated rings. The number of imidazole rings is 1. The van der Waals surface area contributed by atoms with Gasteiger partial charge < -0.3 is 9.88 Å². The summed E-state index contributed by atoms with van der Waals surface area (Å²) in [6.07, 6.45) is 6.51. The van der Waals surface area contributed by atoms with Crippen molar-refractivity contribution in [3.63, 3.8) is 0 Å². The fourth-order valence-corrected chi connectivity index (χ4v) is 2.56. The van der Waals surface area contributed by atoms with Crippen LogP contribution in [0.4, 0.5) is 5.69 Å². The predicted octanol–water partition coefficient (Wildman–Crippen LogP) is 3.74. The zero-order chi connectivity index (χ0) is 12.5. The maximum atomic E-state index is 4.25. The first-order valence-corrected chi connectivity index (χ1v) is 7.32. The molecule has 0 amide bonds. The molecule has 0 unspecified atom stereocenters. The molecule has 1 aromatic heterocycles. The molecule has 0 saturated heterocycles. The Kier molecular flexibility index (Phi) is 3.28. The third-order valence-electron chi connectivity index (χ3n) is 3.33. The van der Waals surface area contributed by atoms with Crippen molar-refractivity contribution in [2.75, 3.05) is 5.32 Å². The van der Waals surface area contributed by atoms with Gasteiger partial charge in [0.1, 0.15) is 0 Å². The van der Waals surface area contributed by atoms with Gasteiger partial charge in [0.2, 0.25) is 0 Å². The maximum Gasteiger partial charge on any atom is 0.0951 e. The topological polar surface area (TPSA) is 29.9 Å². The molecule has 0 spiro atoms. The molecular formula is C14H16IN3. The highest BCUT2D eigenvalue weighted by atomic mass is 127. The Morgan fingerprint density at radius 2 is 2.28 bits per heavy atom. The van der Waals surface area contributed by atoms with Gasteiger partial charge in [0.25, 0.3) is 0 Å². The van der Waals surface area contributed by atoms with Crippen molar-refractivity contribution in [2.45, 2.75) is 32.4 Å². The van der Waals surface area contributed by atoms with E-state index in [1.54, 1.807) is 0 Å². The number of rotatable bonds is 4. The lowest BCUT2D eigenvalue weighted by atomic mass is 10.2. The molecule has 1 aromatic carbocycles. The molecule has 1 N–H and O–H groups in total. The highest BCUT2D eigenvalue weighted by Gasteiger charge is 2.24. The zero-order valence-corrected chi connectivity index (χ0v) is 12.5. The lowest BCUT2D eigenvalue weighted by molar-refractivity contribution is 0.701. The molecule has 1 heterocycles. The monoisotopic (exact) mass is 353 g/mol. The summed E-state index contributed by atoms with van der Waals surface area (Å²) < 4.78 is 3.60. The molecular weight excluding hydrogens is 337 g/mol. The van der Waals surface area contributed by atoms with Crippen molar-refractivity contribution in [2.24, 2.45) is 0 Å². The summed E-state index contributed by atoms with van der Waals surface area (Å²) in [5.41, 5.74) is 3.77. The number of aryl methyl sites for hydroxylation is 1. The first-order chi connectivity index (χ1) is 8.74. The van der Waals surface area contributed by atoms with Gasteiger partial charge in [-0.1, -0.05) is 6.07 Å². The standard InChI is InChI=1S/C14H16IN3/c1-10-2-3-11(6-14(10)15)17-8-13-7-16-9-18(13)12-4-5-12/h2-3,6-7,9,12,17H,4-5,8H2,1H3. The lowest BCUT2D eigenvalue weighted by Crippen LogP contribution is -2.06. The quantitative estimate of drug-likeness (QED) is 0.849. The highest BCUT2D eigenvalue weighted by molar-refractivity contribution is 14.1. The first-order valence-electron chi connectivity index (χ1n) is 6.25. The summed E-state index contributed by atoms with van der Waals surface area (Å²) in [6, 6.07) is 7.17. The number of halogens is 1. The van der Waals surface area contributed by atoms with Crippen molar-refractivity contribution >= 4 is 28.3 Å². The molecule has 0 radical (unpaired) electrons. The Bertz CT molecular complexity index is 558. The van der Waals surface area contributed by atoms with Crippen LogP contribution in [0.3, 0.4) is 0 Å². The van der Waals surface area contributed by atoms with Crippen LogP contribution in [0.25, 0.3) is 0 Å². The van der Waals surface area contributed by atoms with E-state index in [1.807, 2.05) is 12.5 Å². The van der Waals surface area contributed by atoms with Crippen LogP contribution in [-0.4, -0.2) is 9.55 Å². The van der Waals surface area contributed by atoms with Crippen molar-refractivity contribution in [1.29, 1.82) is 0 Å². The lowest BCUT2D eigenvalue weighted by Gasteiger charge is -2.10. The molecule has 3 nitrogen and oxygen atoms in total. The molecule has 4 heteroatoms. The Balaban J connectivity index is 1.69. The van der Waals surface area contributed by atoms with Crippen LogP contribution < -0.4 is 5.32 Å². The SMILES string of the molecule is Cc1ccc(NCc2cncn2C2CC2)cc1I. The Morgan fingerprint density at radius 3 is 3.00 bits per heavy atom. The molecule has 0 atom stereocenters. The largest absolute Gasteiger partial charge is 0.379 e. The second-order valence-corrected chi connectivity index (χ2v) is 6.00. The van der Waals surface area contributed by atoms with E-state index < -0.39 is 0 Å². The van der Waals surface area contributed by atoms with Crippen LogP contribution in [-0.2, 0) is 6.54 Å². The van der Waals surface area contributed by atoms with Gasteiger partial charge in [-0.3, -0.25) is 0 Å². The van der Waals surface area contributed by atoms with E-state index in [0.717, 1.165) is 6.54 Å². The molecule has 0 bridgehead atoms. The third kappa shape index (κ3) is 2.53. The highest BCUT2D eigenvalue weighted by Crippen LogP contribution is 2.35. The fraction of sp³-hybridized carbons (Fsp3) is 0.357. The molecule has 0 aliphatic heterocycles. The Morgan fingerprint density at radius 1 is 1.44 bits per heavy atom. The molecule has 94 valence electrons. The summed E-state index contributed by atoms with van der Waals surface area (Å²) in [6.45, 7) is 2.98. The van der Waals surface area contributed by atoms with Crippen molar-refractivity contribution < 1.29 is 0 Å². The van der Waals surface area contributed by atoms with Gasteiger partial charge in [-0.05, 0) is 60.1 Å². The van der Waals surface area contributed by atoms with E-state index in [4.69, 9.17) is 0 Å². The van der Waals surface area contributed by atoms with Gasteiger partial charge in [-0.2, -0.15) is 0 Å². The summed E-state index contributed by atoms with van der Waals surface area (Å²) in [5, 5.41) is 3.47. The average Bonchev–Trinajstić information content (AvgIpc) is 3.10. The second kappa shape index (κ2) is 4.91. The van der Waals surface area contributed by atoms with Gasteiger partial charge in [-0.25, -0.2) is 4.98 Å². The average molecular weight is 353 g/mol. The Hall–Kier alpha value is -1.04. The van der Waals surface area contributed by atoms with E-state index in [-0.39, 0.29) is 0 Å². The van der Waals surface area contributed by atoms with Crippen LogP contribution in [0.15, 0.2) is 30.7 Å². The number of nitrogens with one attached hydrogen (secondary N) is 1. The second-order valence-electron chi connectivity index (χ2n) is 4.84. The van der Waals surface area contributed by atoms with Crippen molar-refractivity contribution in [1.82, 2.24) is 9.55 Å². The molecule has 18 heavy (non-hydrogen) atoms. The number of aromatic nitrogens is 2. The van der Waals surface area contributed by atoms with Crippen LogP contribution in [0.5, 0.6) is 0 Å². The third-order valence-corrected chi connectivity index (χ3v) is 4.49. The van der Waals surface area contributed by atoms with Crippen molar-refractivity contribution in [3.8, 4) is 0 Å². The predicted molar refractivity (Wildman–Crippen MR) is 81.7 cm³/mol. The summed E-state index contributed by atoms with van der Waals surface area (Å²) in [4.78, 5) is 4.25. The number of nitrogens with zero attached hydrogens (tertiary/aromatic N) is 2. The minimum atomic E-state index is 0.697. The van der Waals surface area contributed by atoms with E-state index in [0.29, 0.717) is 6.04 Å². The maximum absolute atomic E-state index is 4.25. The number of hydrogen-bond acceptors (Lipinski definition) is 2. The molecule has 1 aliphatic rings. The molecule has 1 aliphatic carbocycles. The smallest absolute Gasteiger partial charge is 0.0951 e. The van der Waals surface area contributed by atoms with Crippen LogP contribution in [0, 0.1) is 10.5 Å². The van der Waals surface area contributed by atoms with E-state index >= 15 is 0 Å². The number of hydrogen-bond donors (Lipinski definition) is 1. The molecule has 3 rings (SSSR count). The van der Waals surface area contributed by atoms with E-state index in [2.05, 4.69) is 62.6 Å². The minimum absolute atomic E-state index is 0.697. The van der Waals surface area contributed by atoms with Crippen molar-refractivity contribution in [3.05, 3.63) is 45.6 Å². The van der Waals surface area contributed by atoms with Crippen LogP contribution >= 0.6 is 22.6 Å². The summed E-state index contributed by atoms with van der Waals surface area (Å²) in [5.74, 6) is 0. The van der Waals surface area contributed by atoms with E-state index in [9.17, 15) is 0 Å². The number of anilines is 1. The van der Waals surface area contributed by atoms with Crippen LogP contribution in [0.1, 0.15) is 30.1 Å². The summed E-state index contributed by atoms with van der Waals surface area (Å²) in [7, 11) is 0. The normalized spacial score (nSPS) is 14.8.